The number of nitrogens with two attached hydrogens (primary N) is 1. The van der Waals surface area contributed by atoms with E-state index in [1.165, 1.54) is 0 Å². The Hall–Kier alpha value is -1.75. The van der Waals surface area contributed by atoms with Gasteiger partial charge in [-0.3, -0.25) is 4.79 Å². The minimum absolute atomic E-state index is 0.0932. The summed E-state index contributed by atoms with van der Waals surface area (Å²) >= 11 is 0. The second-order valence-electron chi connectivity index (χ2n) is 4.73. The second kappa shape index (κ2) is 6.99. The van der Waals surface area contributed by atoms with Gasteiger partial charge in [0, 0.05) is 17.3 Å². The molecule has 0 fully saturated rings. The lowest BCUT2D eigenvalue weighted by atomic mass is 10.0. The molecule has 0 aliphatic heterocycles. The van der Waals surface area contributed by atoms with Gasteiger partial charge < -0.3 is 20.9 Å². The number of anilines is 1. The molecule has 0 heterocycles. The van der Waals surface area contributed by atoms with Crippen molar-refractivity contribution in [2.75, 3.05) is 18.9 Å². The summed E-state index contributed by atoms with van der Waals surface area (Å²) in [5, 5.41) is 12.0. The lowest BCUT2D eigenvalue weighted by Gasteiger charge is -2.20. The number of carbonyl (C=O) groups excluding carboxylic acids is 1. The Labute approximate surface area is 113 Å². The smallest absolute Gasteiger partial charge is 0.251 e. The molecule has 0 spiro atoms. The highest BCUT2D eigenvalue weighted by Gasteiger charge is 2.17. The number of nitrogens with one attached hydrogen (secondary N) is 1. The fourth-order valence-corrected chi connectivity index (χ4v) is 1.68. The van der Waals surface area contributed by atoms with Crippen LogP contribution in [0.15, 0.2) is 18.2 Å². The Morgan fingerprint density at radius 2 is 2.11 bits per heavy atom. The molecule has 5 nitrogen and oxygen atoms in total. The fourth-order valence-electron chi connectivity index (χ4n) is 1.68. The molecule has 5 heteroatoms. The Balaban J connectivity index is 2.86. The van der Waals surface area contributed by atoms with Crippen molar-refractivity contribution in [1.29, 1.82) is 0 Å². The Kier molecular flexibility index (Phi) is 5.63. The zero-order chi connectivity index (χ0) is 14.4. The van der Waals surface area contributed by atoms with Gasteiger partial charge in [-0.2, -0.15) is 0 Å². The van der Waals surface area contributed by atoms with Crippen molar-refractivity contribution < 1.29 is 14.6 Å². The van der Waals surface area contributed by atoms with Crippen LogP contribution in [0, 0.1) is 5.92 Å². The van der Waals surface area contributed by atoms with Gasteiger partial charge in [-0.25, -0.2) is 0 Å². The molecular weight excluding hydrogens is 244 g/mol. The number of hydrogen-bond donors (Lipinski definition) is 3. The summed E-state index contributed by atoms with van der Waals surface area (Å²) in [4.78, 5) is 12.1. The van der Waals surface area contributed by atoms with Crippen LogP contribution in [0.5, 0.6) is 5.75 Å². The number of carbonyl (C=O) groups is 1. The number of ether oxygens (including phenoxy) is 1. The van der Waals surface area contributed by atoms with Gasteiger partial charge in [0.2, 0.25) is 0 Å². The van der Waals surface area contributed by atoms with Gasteiger partial charge in [-0.05, 0) is 25.0 Å². The monoisotopic (exact) mass is 266 g/mol. The molecule has 0 saturated carbocycles. The first kappa shape index (κ1) is 15.3. The Morgan fingerprint density at radius 1 is 1.42 bits per heavy atom. The lowest BCUT2D eigenvalue weighted by molar-refractivity contribution is 0.0896. The quantitative estimate of drug-likeness (QED) is 0.680. The average molecular weight is 266 g/mol. The van der Waals surface area contributed by atoms with Gasteiger partial charge >= 0.3 is 0 Å². The van der Waals surface area contributed by atoms with E-state index >= 15 is 0 Å². The molecule has 1 aromatic rings. The van der Waals surface area contributed by atoms with Crippen LogP contribution >= 0.6 is 0 Å². The van der Waals surface area contributed by atoms with Crippen molar-refractivity contribution in [1.82, 2.24) is 5.32 Å². The molecule has 1 rings (SSSR count). The number of hydrogen-bond acceptors (Lipinski definition) is 4. The van der Waals surface area contributed by atoms with E-state index in [4.69, 9.17) is 10.5 Å². The summed E-state index contributed by atoms with van der Waals surface area (Å²) in [7, 11) is 0. The van der Waals surface area contributed by atoms with Crippen molar-refractivity contribution >= 4 is 11.6 Å². The lowest BCUT2D eigenvalue weighted by Crippen LogP contribution is -2.41. The Bertz CT molecular complexity index is 433. The third-order valence-electron chi connectivity index (χ3n) is 2.82. The standard InChI is InChI=1S/C14H22N2O3/c1-4-19-12-6-10(5-11(15)7-12)14(18)16-13(8-17)9(2)3/h5-7,9,13,17H,4,8,15H2,1-3H3,(H,16,18). The molecule has 0 aliphatic carbocycles. The van der Waals surface area contributed by atoms with E-state index in [1.807, 2.05) is 20.8 Å². The summed E-state index contributed by atoms with van der Waals surface area (Å²) in [6.07, 6.45) is 0. The van der Waals surface area contributed by atoms with Gasteiger partial charge in [0.25, 0.3) is 5.91 Å². The van der Waals surface area contributed by atoms with E-state index in [0.29, 0.717) is 23.6 Å². The number of amides is 1. The van der Waals surface area contributed by atoms with E-state index < -0.39 is 0 Å². The maximum absolute atomic E-state index is 12.1. The number of rotatable bonds is 6. The van der Waals surface area contributed by atoms with Crippen molar-refractivity contribution in [3.05, 3.63) is 23.8 Å². The van der Waals surface area contributed by atoms with E-state index in [1.54, 1.807) is 18.2 Å². The van der Waals surface area contributed by atoms with Gasteiger partial charge in [0.05, 0.1) is 19.3 Å². The molecule has 0 bridgehead atoms. The molecule has 1 aromatic carbocycles. The summed E-state index contributed by atoms with van der Waals surface area (Å²) in [6.45, 7) is 6.15. The SMILES string of the molecule is CCOc1cc(N)cc(C(=O)NC(CO)C(C)C)c1. The molecule has 19 heavy (non-hydrogen) atoms. The average Bonchev–Trinajstić information content (AvgIpc) is 2.34. The molecule has 1 atom stereocenters. The van der Waals surface area contributed by atoms with Crippen LogP contribution in [0.3, 0.4) is 0 Å². The first-order valence-electron chi connectivity index (χ1n) is 6.43. The molecule has 1 unspecified atom stereocenters. The minimum Gasteiger partial charge on any atom is -0.494 e. The predicted octanol–water partition coefficient (Wildman–Crippen LogP) is 1.41. The highest BCUT2D eigenvalue weighted by Crippen LogP contribution is 2.19. The third kappa shape index (κ3) is 4.44. The number of aliphatic hydroxyl groups is 1. The number of aliphatic hydroxyl groups excluding tert-OH is 1. The molecule has 0 radical (unpaired) electrons. The summed E-state index contributed by atoms with van der Waals surface area (Å²) in [6, 6.07) is 4.63. The summed E-state index contributed by atoms with van der Waals surface area (Å²) in [5.74, 6) is 0.458. The van der Waals surface area contributed by atoms with Crippen LogP contribution in [0.2, 0.25) is 0 Å². The van der Waals surface area contributed by atoms with Gasteiger partial charge in [0.15, 0.2) is 0 Å². The number of benzene rings is 1. The van der Waals surface area contributed by atoms with Crippen LogP contribution in [-0.4, -0.2) is 30.3 Å². The highest BCUT2D eigenvalue weighted by atomic mass is 16.5. The van der Waals surface area contributed by atoms with Crippen LogP contribution in [0.4, 0.5) is 5.69 Å². The van der Waals surface area contributed by atoms with Crippen LogP contribution in [0.1, 0.15) is 31.1 Å². The molecule has 0 aliphatic rings. The topological polar surface area (TPSA) is 84.6 Å². The maximum Gasteiger partial charge on any atom is 0.251 e. The first-order chi connectivity index (χ1) is 8.97. The van der Waals surface area contributed by atoms with Crippen LogP contribution < -0.4 is 15.8 Å². The summed E-state index contributed by atoms with van der Waals surface area (Å²) < 4.78 is 5.35. The maximum atomic E-state index is 12.1. The second-order valence-corrected chi connectivity index (χ2v) is 4.73. The largest absolute Gasteiger partial charge is 0.494 e. The van der Waals surface area contributed by atoms with Gasteiger partial charge in [-0.15, -0.1) is 0 Å². The molecule has 0 aromatic heterocycles. The highest BCUT2D eigenvalue weighted by molar-refractivity contribution is 5.95. The molecule has 0 saturated heterocycles. The first-order valence-corrected chi connectivity index (χ1v) is 6.43. The van der Waals surface area contributed by atoms with Gasteiger partial charge in [0.1, 0.15) is 5.75 Å². The van der Waals surface area contributed by atoms with Crippen LogP contribution in [-0.2, 0) is 0 Å². The van der Waals surface area contributed by atoms with Crippen LogP contribution in [0.25, 0.3) is 0 Å². The summed E-state index contributed by atoms with van der Waals surface area (Å²) in [5.41, 5.74) is 6.65. The van der Waals surface area contributed by atoms with Gasteiger partial charge in [-0.1, -0.05) is 13.8 Å². The molecule has 1 amide bonds. The van der Waals surface area contributed by atoms with E-state index in [-0.39, 0.29) is 24.5 Å². The number of nitrogen functional groups attached to an aromatic ring is 1. The van der Waals surface area contributed by atoms with Crippen molar-refractivity contribution in [2.45, 2.75) is 26.8 Å². The molecular formula is C14H22N2O3. The van der Waals surface area contributed by atoms with Crippen molar-refractivity contribution in [3.63, 3.8) is 0 Å². The zero-order valence-electron chi connectivity index (χ0n) is 11.6. The van der Waals surface area contributed by atoms with E-state index in [9.17, 15) is 9.90 Å². The minimum atomic E-state index is -0.274. The third-order valence-corrected chi connectivity index (χ3v) is 2.82. The fraction of sp³-hybridized carbons (Fsp3) is 0.500. The van der Waals surface area contributed by atoms with E-state index in [0.717, 1.165) is 0 Å². The van der Waals surface area contributed by atoms with Crippen molar-refractivity contribution in [3.8, 4) is 5.75 Å². The molecule has 106 valence electrons. The molecule has 4 N–H and O–H groups in total. The van der Waals surface area contributed by atoms with Crippen molar-refractivity contribution in [2.24, 2.45) is 5.92 Å². The van der Waals surface area contributed by atoms with E-state index in [2.05, 4.69) is 5.32 Å². The zero-order valence-corrected chi connectivity index (χ0v) is 11.6. The normalized spacial score (nSPS) is 12.3. The predicted molar refractivity (Wildman–Crippen MR) is 75.2 cm³/mol. The Morgan fingerprint density at radius 3 is 2.63 bits per heavy atom.